The van der Waals surface area contributed by atoms with E-state index in [-0.39, 0.29) is 5.91 Å². The summed E-state index contributed by atoms with van der Waals surface area (Å²) in [5.74, 6) is 2.25. The Morgan fingerprint density at radius 3 is 2.44 bits per heavy atom. The molecule has 3 aromatic rings. The minimum atomic E-state index is -0.254. The highest BCUT2D eigenvalue weighted by atomic mass is 16.5. The van der Waals surface area contributed by atoms with Crippen molar-refractivity contribution in [2.75, 3.05) is 18.5 Å². The van der Waals surface area contributed by atoms with Crippen LogP contribution >= 0.6 is 0 Å². The monoisotopic (exact) mass is 361 g/mol. The van der Waals surface area contributed by atoms with Gasteiger partial charge >= 0.3 is 0 Å². The van der Waals surface area contributed by atoms with Crippen LogP contribution < -0.4 is 19.5 Å². The average Bonchev–Trinajstić information content (AvgIpc) is 2.94. The van der Waals surface area contributed by atoms with Gasteiger partial charge in [0.05, 0.1) is 18.8 Å². The molecule has 1 N–H and O–H groups in total. The number of benzene rings is 3. The van der Waals surface area contributed by atoms with Crippen LogP contribution in [0.2, 0.25) is 0 Å². The molecule has 0 saturated heterocycles. The quantitative estimate of drug-likeness (QED) is 0.719. The van der Waals surface area contributed by atoms with Gasteiger partial charge in [-0.05, 0) is 36.4 Å². The molecule has 1 aliphatic rings. The number of para-hydroxylation sites is 2. The summed E-state index contributed by atoms with van der Waals surface area (Å²) in [5.41, 5.74) is 1.09. The van der Waals surface area contributed by atoms with Crippen molar-refractivity contribution in [3.8, 4) is 23.0 Å². The fourth-order valence-corrected chi connectivity index (χ4v) is 2.80. The lowest BCUT2D eigenvalue weighted by Crippen LogP contribution is -2.13. The summed E-state index contributed by atoms with van der Waals surface area (Å²) in [4.78, 5) is 12.8. The van der Waals surface area contributed by atoms with Crippen molar-refractivity contribution in [1.82, 2.24) is 0 Å². The molecule has 0 fully saturated rings. The SMILES string of the molecule is O=C(Nc1ccc2c(c1)OCCCO2)c1ccccc1Oc1ccccc1. The largest absolute Gasteiger partial charge is 0.490 e. The normalized spacial score (nSPS) is 12.7. The average molecular weight is 361 g/mol. The second-order valence-corrected chi connectivity index (χ2v) is 6.08. The molecule has 136 valence electrons. The Morgan fingerprint density at radius 1 is 0.852 bits per heavy atom. The Hall–Kier alpha value is -3.47. The van der Waals surface area contributed by atoms with Crippen LogP contribution in [0, 0.1) is 0 Å². The first-order chi connectivity index (χ1) is 13.3. The predicted octanol–water partition coefficient (Wildman–Crippen LogP) is 4.89. The first-order valence-electron chi connectivity index (χ1n) is 8.82. The van der Waals surface area contributed by atoms with Gasteiger partial charge in [0.1, 0.15) is 11.5 Å². The van der Waals surface area contributed by atoms with Crippen LogP contribution in [0.3, 0.4) is 0 Å². The molecule has 5 nitrogen and oxygen atoms in total. The summed E-state index contributed by atoms with van der Waals surface area (Å²) in [5, 5.41) is 2.90. The number of amides is 1. The fourth-order valence-electron chi connectivity index (χ4n) is 2.80. The topological polar surface area (TPSA) is 56.8 Å². The third kappa shape index (κ3) is 4.03. The summed E-state index contributed by atoms with van der Waals surface area (Å²) < 4.78 is 17.2. The van der Waals surface area contributed by atoms with E-state index in [0.717, 1.165) is 6.42 Å². The lowest BCUT2D eigenvalue weighted by molar-refractivity contribution is 0.102. The van der Waals surface area contributed by atoms with Crippen molar-refractivity contribution in [1.29, 1.82) is 0 Å². The first-order valence-corrected chi connectivity index (χ1v) is 8.82. The molecule has 4 rings (SSSR count). The predicted molar refractivity (Wildman–Crippen MR) is 103 cm³/mol. The molecular formula is C22H19NO4. The number of nitrogens with one attached hydrogen (secondary N) is 1. The van der Waals surface area contributed by atoms with E-state index in [1.54, 1.807) is 30.3 Å². The zero-order chi connectivity index (χ0) is 18.5. The minimum Gasteiger partial charge on any atom is -0.490 e. The van der Waals surface area contributed by atoms with Gasteiger partial charge in [-0.3, -0.25) is 4.79 Å². The summed E-state index contributed by atoms with van der Waals surface area (Å²) in [6.45, 7) is 1.22. The second-order valence-electron chi connectivity index (χ2n) is 6.08. The van der Waals surface area contributed by atoms with Gasteiger partial charge in [0.25, 0.3) is 5.91 Å². The van der Waals surface area contributed by atoms with Crippen LogP contribution in [0.5, 0.6) is 23.0 Å². The molecule has 0 saturated carbocycles. The number of ether oxygens (including phenoxy) is 3. The number of carbonyl (C=O) groups is 1. The zero-order valence-electron chi connectivity index (χ0n) is 14.7. The van der Waals surface area contributed by atoms with Gasteiger partial charge < -0.3 is 19.5 Å². The summed E-state index contributed by atoms with van der Waals surface area (Å²) in [6.07, 6.45) is 0.834. The highest BCUT2D eigenvalue weighted by Crippen LogP contribution is 2.33. The molecule has 27 heavy (non-hydrogen) atoms. The molecule has 0 bridgehead atoms. The van der Waals surface area contributed by atoms with Crippen molar-refractivity contribution in [3.63, 3.8) is 0 Å². The summed E-state index contributed by atoms with van der Waals surface area (Å²) in [7, 11) is 0. The zero-order valence-corrected chi connectivity index (χ0v) is 14.7. The number of fused-ring (bicyclic) bond motifs is 1. The van der Waals surface area contributed by atoms with Gasteiger partial charge in [0, 0.05) is 18.2 Å². The molecule has 1 aliphatic heterocycles. The highest BCUT2D eigenvalue weighted by molar-refractivity contribution is 6.06. The van der Waals surface area contributed by atoms with Crippen LogP contribution in [0.4, 0.5) is 5.69 Å². The van der Waals surface area contributed by atoms with Gasteiger partial charge in [-0.1, -0.05) is 30.3 Å². The maximum atomic E-state index is 12.8. The third-order valence-corrected chi connectivity index (χ3v) is 4.11. The number of hydrogen-bond acceptors (Lipinski definition) is 4. The van der Waals surface area contributed by atoms with E-state index < -0.39 is 0 Å². The Bertz CT molecular complexity index is 940. The maximum Gasteiger partial charge on any atom is 0.259 e. The molecule has 0 atom stereocenters. The van der Waals surface area contributed by atoms with Crippen LogP contribution in [0.15, 0.2) is 72.8 Å². The number of carbonyl (C=O) groups excluding carboxylic acids is 1. The minimum absolute atomic E-state index is 0.254. The summed E-state index contributed by atoms with van der Waals surface area (Å²) >= 11 is 0. The van der Waals surface area contributed by atoms with Crippen LogP contribution in [0.1, 0.15) is 16.8 Å². The summed E-state index contributed by atoms with van der Waals surface area (Å²) in [6, 6.07) is 21.9. The lowest BCUT2D eigenvalue weighted by Gasteiger charge is -2.13. The van der Waals surface area contributed by atoms with Gasteiger partial charge in [-0.2, -0.15) is 0 Å². The molecule has 1 heterocycles. The van der Waals surface area contributed by atoms with Crippen LogP contribution in [-0.2, 0) is 0 Å². The van der Waals surface area contributed by atoms with Crippen molar-refractivity contribution in [2.24, 2.45) is 0 Å². The molecule has 5 heteroatoms. The van der Waals surface area contributed by atoms with Crippen molar-refractivity contribution >= 4 is 11.6 Å². The van der Waals surface area contributed by atoms with Crippen LogP contribution in [-0.4, -0.2) is 19.1 Å². The number of rotatable bonds is 4. The third-order valence-electron chi connectivity index (χ3n) is 4.11. The maximum absolute atomic E-state index is 12.8. The van der Waals surface area contributed by atoms with Gasteiger partial charge in [-0.25, -0.2) is 0 Å². The van der Waals surface area contributed by atoms with Crippen molar-refractivity contribution in [2.45, 2.75) is 6.42 Å². The van der Waals surface area contributed by atoms with E-state index >= 15 is 0 Å². The van der Waals surface area contributed by atoms with E-state index in [0.29, 0.717) is 47.5 Å². The first kappa shape index (κ1) is 17.0. The molecular weight excluding hydrogens is 342 g/mol. The molecule has 1 amide bonds. The molecule has 0 unspecified atom stereocenters. The van der Waals surface area contributed by atoms with E-state index in [2.05, 4.69) is 5.32 Å². The molecule has 0 radical (unpaired) electrons. The molecule has 0 aromatic heterocycles. The van der Waals surface area contributed by atoms with E-state index in [9.17, 15) is 4.79 Å². The fraction of sp³-hybridized carbons (Fsp3) is 0.136. The van der Waals surface area contributed by atoms with Crippen molar-refractivity contribution in [3.05, 3.63) is 78.4 Å². The Kier molecular flexibility index (Phi) is 4.92. The number of hydrogen-bond donors (Lipinski definition) is 1. The molecule has 0 spiro atoms. The highest BCUT2D eigenvalue weighted by Gasteiger charge is 2.15. The Labute approximate surface area is 157 Å². The van der Waals surface area contributed by atoms with Gasteiger partial charge in [-0.15, -0.1) is 0 Å². The lowest BCUT2D eigenvalue weighted by atomic mass is 10.1. The van der Waals surface area contributed by atoms with E-state index in [1.807, 2.05) is 42.5 Å². The Balaban J connectivity index is 1.54. The van der Waals surface area contributed by atoms with Crippen LogP contribution in [0.25, 0.3) is 0 Å². The Morgan fingerprint density at radius 2 is 1.59 bits per heavy atom. The number of anilines is 1. The second kappa shape index (κ2) is 7.83. The van der Waals surface area contributed by atoms with Gasteiger partial charge in [0.15, 0.2) is 11.5 Å². The standard InChI is InChI=1S/C22H19NO4/c24-22(23-16-11-12-20-21(15-16)26-14-6-13-25-20)18-9-4-5-10-19(18)27-17-7-2-1-3-8-17/h1-5,7-12,15H,6,13-14H2,(H,23,24). The van der Waals surface area contributed by atoms with E-state index in [1.165, 1.54) is 0 Å². The van der Waals surface area contributed by atoms with Gasteiger partial charge in [0.2, 0.25) is 0 Å². The van der Waals surface area contributed by atoms with Crippen molar-refractivity contribution < 1.29 is 19.0 Å². The molecule has 0 aliphatic carbocycles. The van der Waals surface area contributed by atoms with E-state index in [4.69, 9.17) is 14.2 Å². The molecule has 3 aromatic carbocycles. The smallest absolute Gasteiger partial charge is 0.259 e.